The molecule has 3 N–H and O–H groups in total. The highest BCUT2D eigenvalue weighted by atomic mass is 35.5. The predicted octanol–water partition coefficient (Wildman–Crippen LogP) is 2.64. The Kier molecular flexibility index (Phi) is 8.33. The lowest BCUT2D eigenvalue weighted by molar-refractivity contribution is -0.0522. The normalized spacial score (nSPS) is 12.1. The van der Waals surface area contributed by atoms with Crippen molar-refractivity contribution in [3.05, 3.63) is 24.0 Å². The number of hydrogen-bond acceptors (Lipinski definition) is 4. The third-order valence-electron chi connectivity index (χ3n) is 3.45. The van der Waals surface area contributed by atoms with Crippen LogP contribution < -0.4 is 15.2 Å². The van der Waals surface area contributed by atoms with Crippen LogP contribution in [0.3, 0.4) is 0 Å². The van der Waals surface area contributed by atoms with Crippen LogP contribution in [0.2, 0.25) is 0 Å². The summed E-state index contributed by atoms with van der Waals surface area (Å²) in [6.07, 6.45) is 1.11. The number of nitrogens with two attached hydrogens (primary N) is 1. The molecule has 0 aliphatic heterocycles. The Morgan fingerprint density at radius 3 is 2.30 bits per heavy atom. The molecule has 0 bridgehead atoms. The maximum Gasteiger partial charge on any atom is 0.387 e. The SMILES string of the molecule is CCC(N)(CC)CNS(=O)(=O)c1ccc(OC(F)F)c(F)c1.Cl. The van der Waals surface area contributed by atoms with Crippen LogP contribution in [0.4, 0.5) is 13.2 Å². The number of rotatable bonds is 8. The third-order valence-corrected chi connectivity index (χ3v) is 4.85. The number of sulfonamides is 1. The molecule has 0 spiro atoms. The lowest BCUT2D eigenvalue weighted by Gasteiger charge is -2.26. The molecule has 1 rings (SSSR count). The second-order valence-corrected chi connectivity index (χ2v) is 6.63. The molecule has 23 heavy (non-hydrogen) atoms. The van der Waals surface area contributed by atoms with E-state index in [1.807, 2.05) is 13.8 Å². The second kappa shape index (κ2) is 8.72. The zero-order valence-electron chi connectivity index (χ0n) is 12.7. The molecule has 0 aliphatic carbocycles. The van der Waals surface area contributed by atoms with E-state index >= 15 is 0 Å². The zero-order valence-corrected chi connectivity index (χ0v) is 14.3. The Morgan fingerprint density at radius 2 is 1.87 bits per heavy atom. The summed E-state index contributed by atoms with van der Waals surface area (Å²) in [4.78, 5) is -0.388. The maximum absolute atomic E-state index is 13.6. The van der Waals surface area contributed by atoms with E-state index in [2.05, 4.69) is 9.46 Å². The van der Waals surface area contributed by atoms with Gasteiger partial charge in [0, 0.05) is 12.1 Å². The van der Waals surface area contributed by atoms with E-state index in [1.165, 1.54) is 0 Å². The molecule has 0 aromatic heterocycles. The minimum absolute atomic E-state index is 0. The van der Waals surface area contributed by atoms with Crippen LogP contribution in [0.5, 0.6) is 5.75 Å². The number of halogens is 4. The van der Waals surface area contributed by atoms with Crippen molar-refractivity contribution >= 4 is 22.4 Å². The van der Waals surface area contributed by atoms with Crippen molar-refractivity contribution < 1.29 is 26.3 Å². The highest BCUT2D eigenvalue weighted by Crippen LogP contribution is 2.23. The van der Waals surface area contributed by atoms with Gasteiger partial charge in [-0.25, -0.2) is 17.5 Å². The van der Waals surface area contributed by atoms with Gasteiger partial charge in [-0.1, -0.05) is 13.8 Å². The number of benzene rings is 1. The van der Waals surface area contributed by atoms with Crippen LogP contribution >= 0.6 is 12.4 Å². The van der Waals surface area contributed by atoms with E-state index in [0.29, 0.717) is 18.9 Å². The van der Waals surface area contributed by atoms with Crippen LogP contribution in [-0.4, -0.2) is 27.1 Å². The highest BCUT2D eigenvalue weighted by molar-refractivity contribution is 7.89. The van der Waals surface area contributed by atoms with Crippen molar-refractivity contribution in [1.82, 2.24) is 4.72 Å². The summed E-state index contributed by atoms with van der Waals surface area (Å²) in [6, 6.07) is 2.45. The first-order chi connectivity index (χ1) is 10.1. The summed E-state index contributed by atoms with van der Waals surface area (Å²) in [6.45, 7) is 0.447. The van der Waals surface area contributed by atoms with Crippen molar-refractivity contribution in [2.24, 2.45) is 5.73 Å². The van der Waals surface area contributed by atoms with E-state index in [4.69, 9.17) is 5.73 Å². The van der Waals surface area contributed by atoms with Gasteiger partial charge in [0.2, 0.25) is 10.0 Å². The van der Waals surface area contributed by atoms with Crippen LogP contribution in [0.1, 0.15) is 26.7 Å². The van der Waals surface area contributed by atoms with Crippen molar-refractivity contribution in [2.45, 2.75) is 43.7 Å². The molecular formula is C13H20ClF3N2O3S. The van der Waals surface area contributed by atoms with E-state index in [9.17, 15) is 21.6 Å². The van der Waals surface area contributed by atoms with Crippen LogP contribution in [0, 0.1) is 5.82 Å². The first-order valence-corrected chi connectivity index (χ1v) is 8.15. The van der Waals surface area contributed by atoms with E-state index < -0.39 is 33.7 Å². The molecule has 0 amide bonds. The fourth-order valence-electron chi connectivity index (χ4n) is 1.66. The smallest absolute Gasteiger partial charge is 0.387 e. The summed E-state index contributed by atoms with van der Waals surface area (Å²) in [5, 5.41) is 0. The molecule has 5 nitrogen and oxygen atoms in total. The fraction of sp³-hybridized carbons (Fsp3) is 0.538. The average molecular weight is 377 g/mol. The van der Waals surface area contributed by atoms with Gasteiger partial charge in [0.05, 0.1) is 4.90 Å². The van der Waals surface area contributed by atoms with Gasteiger partial charge in [0.1, 0.15) is 0 Å². The average Bonchev–Trinajstić information content (AvgIpc) is 2.46. The molecule has 10 heteroatoms. The molecule has 0 radical (unpaired) electrons. The third kappa shape index (κ3) is 6.17. The standard InChI is InChI=1S/C13H19F3N2O3S.ClH/c1-3-13(17,4-2)8-18-22(19,20)9-5-6-11(10(14)7-9)21-12(15)16;/h5-7,12,18H,3-4,8,17H2,1-2H3;1H. The van der Waals surface area contributed by atoms with Gasteiger partial charge >= 0.3 is 6.61 Å². The number of nitrogens with one attached hydrogen (secondary N) is 1. The fourth-order valence-corrected chi connectivity index (χ4v) is 2.81. The number of hydrogen-bond donors (Lipinski definition) is 2. The maximum atomic E-state index is 13.6. The predicted molar refractivity (Wildman–Crippen MR) is 83.0 cm³/mol. The monoisotopic (exact) mass is 376 g/mol. The molecule has 0 heterocycles. The Morgan fingerprint density at radius 1 is 1.30 bits per heavy atom. The summed E-state index contributed by atoms with van der Waals surface area (Å²) in [5.74, 6) is -1.91. The van der Waals surface area contributed by atoms with Crippen LogP contribution in [-0.2, 0) is 10.0 Å². The van der Waals surface area contributed by atoms with Gasteiger partial charge in [0.25, 0.3) is 0 Å². The summed E-state index contributed by atoms with van der Waals surface area (Å²) in [5.41, 5.74) is 5.28. The van der Waals surface area contributed by atoms with Gasteiger partial charge in [-0.15, -0.1) is 12.4 Å². The van der Waals surface area contributed by atoms with Gasteiger partial charge in [-0.3, -0.25) is 0 Å². The topological polar surface area (TPSA) is 81.4 Å². The van der Waals surface area contributed by atoms with Crippen molar-refractivity contribution in [3.8, 4) is 5.75 Å². The minimum Gasteiger partial charge on any atom is -0.432 e. The van der Waals surface area contributed by atoms with Crippen molar-refractivity contribution in [2.75, 3.05) is 6.54 Å². The van der Waals surface area contributed by atoms with Gasteiger partial charge in [-0.2, -0.15) is 8.78 Å². The summed E-state index contributed by atoms with van der Waals surface area (Å²) >= 11 is 0. The number of alkyl halides is 2. The number of ether oxygens (including phenoxy) is 1. The highest BCUT2D eigenvalue weighted by Gasteiger charge is 2.25. The largest absolute Gasteiger partial charge is 0.432 e. The summed E-state index contributed by atoms with van der Waals surface area (Å²) < 4.78 is 68.0. The van der Waals surface area contributed by atoms with E-state index in [0.717, 1.165) is 12.1 Å². The van der Waals surface area contributed by atoms with Crippen molar-refractivity contribution in [3.63, 3.8) is 0 Å². The Balaban J connectivity index is 0.00000484. The first-order valence-electron chi connectivity index (χ1n) is 6.66. The first kappa shape index (κ1) is 22.0. The Bertz CT molecular complexity index is 610. The van der Waals surface area contributed by atoms with Gasteiger partial charge in [0.15, 0.2) is 11.6 Å². The lowest BCUT2D eigenvalue weighted by atomic mass is 9.95. The summed E-state index contributed by atoms with van der Waals surface area (Å²) in [7, 11) is -3.99. The molecule has 0 unspecified atom stereocenters. The van der Waals surface area contributed by atoms with Gasteiger partial charge in [-0.05, 0) is 31.0 Å². The van der Waals surface area contributed by atoms with E-state index in [1.54, 1.807) is 0 Å². The quantitative estimate of drug-likeness (QED) is 0.730. The van der Waals surface area contributed by atoms with Gasteiger partial charge < -0.3 is 10.5 Å². The molecular weight excluding hydrogens is 357 g/mol. The molecule has 0 atom stereocenters. The lowest BCUT2D eigenvalue weighted by Crippen LogP contribution is -2.49. The van der Waals surface area contributed by atoms with Crippen LogP contribution in [0.15, 0.2) is 23.1 Å². The zero-order chi connectivity index (χ0) is 17.0. The molecule has 1 aromatic rings. The van der Waals surface area contributed by atoms with Crippen molar-refractivity contribution in [1.29, 1.82) is 0 Å². The van der Waals surface area contributed by atoms with E-state index in [-0.39, 0.29) is 23.8 Å². The molecule has 134 valence electrons. The Hall–Kier alpha value is -1.03. The molecule has 0 saturated carbocycles. The second-order valence-electron chi connectivity index (χ2n) is 4.86. The molecule has 1 aromatic carbocycles. The molecule has 0 aliphatic rings. The molecule has 0 saturated heterocycles. The minimum atomic E-state index is -3.99. The van der Waals surface area contributed by atoms with Crippen LogP contribution in [0.25, 0.3) is 0 Å². The molecule has 0 fully saturated rings. The Labute approximate surface area is 139 Å².